The quantitative estimate of drug-likeness (QED) is 0.779. The minimum absolute atomic E-state index is 0.154. The van der Waals surface area contributed by atoms with Crippen LogP contribution in [0.4, 0.5) is 4.39 Å². The first-order chi connectivity index (χ1) is 11.6. The minimum Gasteiger partial charge on any atom is -0.480 e. The van der Waals surface area contributed by atoms with Gasteiger partial charge in [0.15, 0.2) is 5.54 Å². The normalized spacial score (nSPS) is 20.0. The van der Waals surface area contributed by atoms with Gasteiger partial charge in [-0.2, -0.15) is 0 Å². The Morgan fingerprint density at radius 3 is 2.33 bits per heavy atom. The van der Waals surface area contributed by atoms with Gasteiger partial charge in [-0.1, -0.05) is 0 Å². The van der Waals surface area contributed by atoms with Crippen LogP contribution in [-0.2, 0) is 9.53 Å². The topological polar surface area (TPSA) is 67.8 Å². The number of hydrogen-bond donors (Lipinski definition) is 2. The molecular weight excluding hydrogens is 333 g/mol. The second-order valence-electron chi connectivity index (χ2n) is 5.42. The van der Waals surface area contributed by atoms with Crippen LogP contribution in [0.2, 0.25) is 0 Å². The van der Waals surface area contributed by atoms with Crippen molar-refractivity contribution in [1.82, 2.24) is 4.72 Å². The molecule has 2 aromatic carbocycles. The standard InChI is InChI=1S/C17H16FNO4S/c18-12-1-3-13(4-2-12)23-14-5-7-15(8-6-14)24-19-17(16(20)21)9-10-22-11-17/h1-8,19H,9-11H2,(H,20,21). The van der Waals surface area contributed by atoms with Crippen LogP contribution in [-0.4, -0.2) is 29.8 Å². The Bertz CT molecular complexity index is 700. The lowest BCUT2D eigenvalue weighted by molar-refractivity contribution is -0.143. The van der Waals surface area contributed by atoms with Gasteiger partial charge < -0.3 is 14.6 Å². The van der Waals surface area contributed by atoms with Crippen LogP contribution in [0.25, 0.3) is 0 Å². The highest BCUT2D eigenvalue weighted by atomic mass is 32.2. The maximum Gasteiger partial charge on any atom is 0.327 e. The summed E-state index contributed by atoms with van der Waals surface area (Å²) in [6.07, 6.45) is 0.432. The van der Waals surface area contributed by atoms with Crippen molar-refractivity contribution in [2.75, 3.05) is 13.2 Å². The predicted molar refractivity (Wildman–Crippen MR) is 87.7 cm³/mol. The molecule has 3 rings (SSSR count). The molecule has 126 valence electrons. The van der Waals surface area contributed by atoms with Crippen LogP contribution in [0.5, 0.6) is 11.5 Å². The third-order valence-corrected chi connectivity index (χ3v) is 4.67. The van der Waals surface area contributed by atoms with Gasteiger partial charge in [-0.3, -0.25) is 4.79 Å². The number of halogens is 1. The number of nitrogens with one attached hydrogen (secondary N) is 1. The monoisotopic (exact) mass is 349 g/mol. The molecule has 0 amide bonds. The summed E-state index contributed by atoms with van der Waals surface area (Å²) >= 11 is 1.25. The molecule has 1 aliphatic heterocycles. The summed E-state index contributed by atoms with van der Waals surface area (Å²) in [7, 11) is 0. The SMILES string of the molecule is O=C(O)C1(NSc2ccc(Oc3ccc(F)cc3)cc2)CCOC1. The van der Waals surface area contributed by atoms with E-state index in [-0.39, 0.29) is 12.4 Å². The first-order valence-corrected chi connectivity index (χ1v) is 8.18. The molecule has 0 aliphatic carbocycles. The Labute approximate surface area is 142 Å². The van der Waals surface area contributed by atoms with Crippen LogP contribution >= 0.6 is 11.9 Å². The van der Waals surface area contributed by atoms with Crippen LogP contribution < -0.4 is 9.46 Å². The third kappa shape index (κ3) is 3.87. The molecule has 1 saturated heterocycles. The van der Waals surface area contributed by atoms with Gasteiger partial charge in [0.05, 0.1) is 6.61 Å². The van der Waals surface area contributed by atoms with E-state index >= 15 is 0 Å². The van der Waals surface area contributed by atoms with E-state index in [0.717, 1.165) is 4.90 Å². The van der Waals surface area contributed by atoms with Crippen molar-refractivity contribution < 1.29 is 23.8 Å². The Balaban J connectivity index is 1.60. The van der Waals surface area contributed by atoms with E-state index in [9.17, 15) is 14.3 Å². The van der Waals surface area contributed by atoms with Crippen molar-refractivity contribution >= 4 is 17.9 Å². The number of ether oxygens (including phenoxy) is 2. The van der Waals surface area contributed by atoms with E-state index in [1.807, 2.05) is 12.1 Å². The van der Waals surface area contributed by atoms with E-state index in [2.05, 4.69) is 4.72 Å². The van der Waals surface area contributed by atoms with Gasteiger partial charge in [0.25, 0.3) is 0 Å². The van der Waals surface area contributed by atoms with Crippen molar-refractivity contribution in [3.8, 4) is 11.5 Å². The molecule has 1 fully saturated rings. The molecule has 5 nitrogen and oxygen atoms in total. The second kappa shape index (κ2) is 7.21. The van der Waals surface area contributed by atoms with Gasteiger partial charge in [0, 0.05) is 17.9 Å². The second-order valence-corrected chi connectivity index (χ2v) is 6.30. The van der Waals surface area contributed by atoms with Crippen molar-refractivity contribution in [2.24, 2.45) is 0 Å². The fourth-order valence-electron chi connectivity index (χ4n) is 2.23. The van der Waals surface area contributed by atoms with E-state index in [0.29, 0.717) is 24.5 Å². The Hall–Kier alpha value is -2.09. The molecule has 2 aromatic rings. The molecule has 0 aromatic heterocycles. The maximum atomic E-state index is 12.9. The maximum absolute atomic E-state index is 12.9. The lowest BCUT2D eigenvalue weighted by atomic mass is 10.0. The summed E-state index contributed by atoms with van der Waals surface area (Å²) < 4.78 is 26.7. The molecule has 1 unspecified atom stereocenters. The Kier molecular flexibility index (Phi) is 5.03. The summed E-state index contributed by atoms with van der Waals surface area (Å²) in [6, 6.07) is 12.9. The molecule has 1 heterocycles. The minimum atomic E-state index is -1.05. The molecule has 0 saturated carbocycles. The Morgan fingerprint density at radius 2 is 1.79 bits per heavy atom. The summed E-state index contributed by atoms with van der Waals surface area (Å²) in [4.78, 5) is 12.3. The predicted octanol–water partition coefficient (Wildman–Crippen LogP) is 3.46. The molecule has 24 heavy (non-hydrogen) atoms. The largest absolute Gasteiger partial charge is 0.480 e. The Morgan fingerprint density at radius 1 is 1.17 bits per heavy atom. The van der Waals surface area contributed by atoms with Crippen molar-refractivity contribution in [2.45, 2.75) is 16.9 Å². The average molecular weight is 349 g/mol. The van der Waals surface area contributed by atoms with Gasteiger partial charge in [0.1, 0.15) is 17.3 Å². The lowest BCUT2D eigenvalue weighted by Crippen LogP contribution is -2.49. The van der Waals surface area contributed by atoms with Gasteiger partial charge in [-0.15, -0.1) is 0 Å². The van der Waals surface area contributed by atoms with Crippen molar-refractivity contribution in [3.05, 3.63) is 54.3 Å². The average Bonchev–Trinajstić information content (AvgIpc) is 3.07. The van der Waals surface area contributed by atoms with Gasteiger partial charge in [-0.25, -0.2) is 9.11 Å². The number of carbonyl (C=O) groups is 1. The third-order valence-electron chi connectivity index (χ3n) is 3.67. The number of carboxylic acid groups (broad SMARTS) is 1. The van der Waals surface area contributed by atoms with Gasteiger partial charge in [-0.05, 0) is 60.5 Å². The highest BCUT2D eigenvalue weighted by molar-refractivity contribution is 7.97. The van der Waals surface area contributed by atoms with Crippen LogP contribution in [0, 0.1) is 5.82 Å². The number of hydrogen-bond acceptors (Lipinski definition) is 5. The molecule has 0 bridgehead atoms. The number of benzene rings is 2. The molecule has 1 aliphatic rings. The molecule has 0 radical (unpaired) electrons. The molecule has 0 spiro atoms. The fraction of sp³-hybridized carbons (Fsp3) is 0.235. The van der Waals surface area contributed by atoms with Crippen molar-refractivity contribution in [1.29, 1.82) is 0 Å². The van der Waals surface area contributed by atoms with E-state index in [4.69, 9.17) is 9.47 Å². The van der Waals surface area contributed by atoms with Gasteiger partial charge in [0.2, 0.25) is 0 Å². The summed E-state index contributed by atoms with van der Waals surface area (Å²) in [5, 5.41) is 9.37. The van der Waals surface area contributed by atoms with Crippen LogP contribution in [0.1, 0.15) is 6.42 Å². The van der Waals surface area contributed by atoms with E-state index in [1.165, 1.54) is 24.1 Å². The van der Waals surface area contributed by atoms with Crippen LogP contribution in [0.15, 0.2) is 53.4 Å². The highest BCUT2D eigenvalue weighted by Crippen LogP contribution is 2.28. The zero-order valence-corrected chi connectivity index (χ0v) is 13.5. The lowest BCUT2D eigenvalue weighted by Gasteiger charge is -2.22. The first kappa shape index (κ1) is 16.8. The summed E-state index contributed by atoms with van der Waals surface area (Å²) in [6.45, 7) is 0.589. The first-order valence-electron chi connectivity index (χ1n) is 7.36. The smallest absolute Gasteiger partial charge is 0.327 e. The van der Waals surface area contributed by atoms with E-state index in [1.54, 1.807) is 24.3 Å². The number of carboxylic acids is 1. The molecule has 7 heteroatoms. The van der Waals surface area contributed by atoms with Crippen molar-refractivity contribution in [3.63, 3.8) is 0 Å². The fourth-order valence-corrected chi connectivity index (χ4v) is 3.06. The molecule has 2 N–H and O–H groups in total. The highest BCUT2D eigenvalue weighted by Gasteiger charge is 2.42. The van der Waals surface area contributed by atoms with Gasteiger partial charge >= 0.3 is 5.97 Å². The summed E-state index contributed by atoms with van der Waals surface area (Å²) in [5.41, 5.74) is -1.05. The number of rotatable bonds is 6. The number of aliphatic carboxylic acids is 1. The zero-order chi connectivity index (χ0) is 17.0. The zero-order valence-electron chi connectivity index (χ0n) is 12.7. The van der Waals surface area contributed by atoms with E-state index < -0.39 is 11.5 Å². The molecule has 1 atom stereocenters. The molecular formula is C17H16FNO4S. The van der Waals surface area contributed by atoms with Crippen LogP contribution in [0.3, 0.4) is 0 Å². The summed E-state index contributed by atoms with van der Waals surface area (Å²) in [5.74, 6) is -0.0712.